The molecule has 3 aromatic rings. The number of pyridine rings is 1. The molecule has 2 unspecified atom stereocenters. The molecule has 0 radical (unpaired) electrons. The van der Waals surface area contributed by atoms with Crippen LogP contribution in [0, 0.1) is 0 Å². The lowest BCUT2D eigenvalue weighted by Crippen LogP contribution is -2.29. The number of ether oxygens (including phenoxy) is 1. The highest BCUT2D eigenvalue weighted by Crippen LogP contribution is 2.43. The van der Waals surface area contributed by atoms with Crippen molar-refractivity contribution in [3.05, 3.63) is 72.3 Å². The lowest BCUT2D eigenvalue weighted by molar-refractivity contribution is -0.114. The number of methoxy groups -OCH3 is 1. The second-order valence-electron chi connectivity index (χ2n) is 9.25. The number of nitrogens with zero attached hydrogens (tertiary/aromatic N) is 3. The van der Waals surface area contributed by atoms with Gasteiger partial charge in [-0.25, -0.2) is 0 Å². The van der Waals surface area contributed by atoms with Crippen LogP contribution in [0.25, 0.3) is 0 Å². The van der Waals surface area contributed by atoms with Crippen LogP contribution in [-0.4, -0.2) is 27.7 Å². The molecule has 35 heavy (non-hydrogen) atoms. The highest BCUT2D eigenvalue weighted by atomic mass is 32.1. The monoisotopic (exact) mass is 489 g/mol. The fourth-order valence-corrected chi connectivity index (χ4v) is 5.66. The predicted octanol–water partition coefficient (Wildman–Crippen LogP) is 5.53. The molecule has 3 heterocycles. The summed E-state index contributed by atoms with van der Waals surface area (Å²) in [6.07, 6.45) is 12.6. The van der Waals surface area contributed by atoms with Crippen molar-refractivity contribution in [1.82, 2.24) is 14.9 Å². The third-order valence-electron chi connectivity index (χ3n) is 6.95. The van der Waals surface area contributed by atoms with E-state index in [9.17, 15) is 4.79 Å². The van der Waals surface area contributed by atoms with E-state index in [-0.39, 0.29) is 18.0 Å². The SMILES string of the molecule is COc1ccc(N2C(=S)NC(c3ccccn3)C2c2ccn(C3CCCCC3)c2)cc1NC(C)=O. The van der Waals surface area contributed by atoms with E-state index in [1.165, 1.54) is 44.6 Å². The Bertz CT molecular complexity index is 1210. The fourth-order valence-electron chi connectivity index (χ4n) is 5.32. The molecule has 5 rings (SSSR count). The minimum absolute atomic E-state index is 0.0965. The second kappa shape index (κ2) is 10.1. The molecule has 1 amide bonds. The zero-order chi connectivity index (χ0) is 24.4. The van der Waals surface area contributed by atoms with Gasteiger partial charge < -0.3 is 24.8 Å². The molecule has 1 aliphatic heterocycles. The van der Waals surface area contributed by atoms with E-state index in [0.717, 1.165) is 11.4 Å². The summed E-state index contributed by atoms with van der Waals surface area (Å²) in [7, 11) is 1.59. The Labute approximate surface area is 211 Å². The van der Waals surface area contributed by atoms with E-state index in [1.807, 2.05) is 42.6 Å². The van der Waals surface area contributed by atoms with Crippen molar-refractivity contribution < 1.29 is 9.53 Å². The molecule has 2 aliphatic rings. The highest BCUT2D eigenvalue weighted by Gasteiger charge is 2.41. The minimum atomic E-state index is -0.157. The smallest absolute Gasteiger partial charge is 0.221 e. The fraction of sp³-hybridized carbons (Fsp3) is 0.370. The number of amides is 1. The predicted molar refractivity (Wildman–Crippen MR) is 142 cm³/mol. The molecular formula is C27H31N5O2S. The number of thiocarbonyl (C=S) groups is 1. The Morgan fingerprint density at radius 3 is 2.71 bits per heavy atom. The van der Waals surface area contributed by atoms with Gasteiger partial charge in [0.2, 0.25) is 5.91 Å². The molecule has 2 aromatic heterocycles. The third kappa shape index (κ3) is 4.75. The Kier molecular flexibility index (Phi) is 6.72. The van der Waals surface area contributed by atoms with Crippen LogP contribution in [0.2, 0.25) is 0 Å². The first-order chi connectivity index (χ1) is 17.0. The van der Waals surface area contributed by atoms with Gasteiger partial charge in [-0.15, -0.1) is 0 Å². The Morgan fingerprint density at radius 1 is 1.17 bits per heavy atom. The summed E-state index contributed by atoms with van der Waals surface area (Å²) in [4.78, 5) is 18.6. The number of anilines is 2. The summed E-state index contributed by atoms with van der Waals surface area (Å²) in [6.45, 7) is 1.49. The Hall–Kier alpha value is -3.39. The summed E-state index contributed by atoms with van der Waals surface area (Å²) in [5.41, 5.74) is 3.60. The topological polar surface area (TPSA) is 71.4 Å². The van der Waals surface area contributed by atoms with Crippen LogP contribution in [-0.2, 0) is 4.79 Å². The molecule has 1 saturated heterocycles. The van der Waals surface area contributed by atoms with Crippen molar-refractivity contribution in [2.75, 3.05) is 17.3 Å². The molecule has 182 valence electrons. The third-order valence-corrected chi connectivity index (χ3v) is 7.26. The quantitative estimate of drug-likeness (QED) is 0.444. The van der Waals surface area contributed by atoms with Gasteiger partial charge in [-0.05, 0) is 67.0 Å². The largest absolute Gasteiger partial charge is 0.495 e. The van der Waals surface area contributed by atoms with Crippen molar-refractivity contribution in [3.63, 3.8) is 0 Å². The maximum atomic E-state index is 11.8. The first-order valence-corrected chi connectivity index (χ1v) is 12.6. The second-order valence-corrected chi connectivity index (χ2v) is 9.63. The highest BCUT2D eigenvalue weighted by molar-refractivity contribution is 7.80. The zero-order valence-corrected chi connectivity index (χ0v) is 20.9. The van der Waals surface area contributed by atoms with E-state index in [0.29, 0.717) is 22.6 Å². The van der Waals surface area contributed by atoms with Crippen molar-refractivity contribution in [1.29, 1.82) is 0 Å². The average Bonchev–Trinajstić information content (AvgIpc) is 3.49. The molecule has 0 spiro atoms. The molecule has 8 heteroatoms. The number of hydrogen-bond acceptors (Lipinski definition) is 4. The van der Waals surface area contributed by atoms with Gasteiger partial charge >= 0.3 is 0 Å². The number of hydrogen-bond donors (Lipinski definition) is 2. The maximum absolute atomic E-state index is 11.8. The summed E-state index contributed by atoms with van der Waals surface area (Å²) < 4.78 is 7.84. The number of benzene rings is 1. The van der Waals surface area contributed by atoms with E-state index >= 15 is 0 Å². The van der Waals surface area contributed by atoms with Crippen molar-refractivity contribution in [2.45, 2.75) is 57.2 Å². The number of carbonyl (C=O) groups is 1. The van der Waals surface area contributed by atoms with E-state index in [2.05, 4.69) is 43.5 Å². The van der Waals surface area contributed by atoms with Crippen LogP contribution in [0.15, 0.2) is 61.1 Å². The van der Waals surface area contributed by atoms with Crippen LogP contribution in [0.4, 0.5) is 11.4 Å². The van der Waals surface area contributed by atoms with Gasteiger partial charge in [-0.1, -0.05) is 25.3 Å². The van der Waals surface area contributed by atoms with Gasteiger partial charge in [0.15, 0.2) is 5.11 Å². The molecule has 2 N–H and O–H groups in total. The number of rotatable bonds is 6. The van der Waals surface area contributed by atoms with Crippen LogP contribution < -0.4 is 20.3 Å². The van der Waals surface area contributed by atoms with Gasteiger partial charge in [0.1, 0.15) is 5.75 Å². The normalized spacial score (nSPS) is 20.5. The molecule has 1 aliphatic carbocycles. The number of aromatic nitrogens is 2. The first kappa shape index (κ1) is 23.4. The van der Waals surface area contributed by atoms with Crippen LogP contribution >= 0.6 is 12.2 Å². The van der Waals surface area contributed by atoms with Crippen LogP contribution in [0.5, 0.6) is 5.75 Å². The standard InChI is InChI=1S/C27H31N5O2S/c1-18(33)29-23-16-21(11-12-24(23)34-2)32-26(25(30-27(32)35)22-10-6-7-14-28-22)19-13-15-31(17-19)20-8-4-3-5-9-20/h6-7,10-17,20,25-26H,3-5,8-9H2,1-2H3,(H,29,33)(H,30,35). The summed E-state index contributed by atoms with van der Waals surface area (Å²) >= 11 is 5.86. The number of nitrogens with one attached hydrogen (secondary N) is 2. The Balaban J connectivity index is 1.56. The molecular weight excluding hydrogens is 458 g/mol. The van der Waals surface area contributed by atoms with Crippen molar-refractivity contribution >= 4 is 34.6 Å². The minimum Gasteiger partial charge on any atom is -0.495 e. The summed E-state index contributed by atoms with van der Waals surface area (Å²) in [6, 6.07) is 14.3. The number of carbonyl (C=O) groups excluding carboxylic acids is 1. The van der Waals surface area contributed by atoms with Crippen LogP contribution in [0.1, 0.15) is 68.4 Å². The van der Waals surface area contributed by atoms with Crippen molar-refractivity contribution in [3.8, 4) is 5.75 Å². The van der Waals surface area contributed by atoms with Gasteiger partial charge in [0.25, 0.3) is 0 Å². The average molecular weight is 490 g/mol. The Morgan fingerprint density at radius 2 is 2.00 bits per heavy atom. The van der Waals surface area contributed by atoms with Gasteiger partial charge in [-0.3, -0.25) is 9.78 Å². The van der Waals surface area contributed by atoms with E-state index in [1.54, 1.807) is 7.11 Å². The molecule has 7 nitrogen and oxygen atoms in total. The van der Waals surface area contributed by atoms with E-state index < -0.39 is 0 Å². The molecule has 2 atom stereocenters. The van der Waals surface area contributed by atoms with E-state index in [4.69, 9.17) is 17.0 Å². The zero-order valence-electron chi connectivity index (χ0n) is 20.1. The van der Waals surface area contributed by atoms with Gasteiger partial charge in [-0.2, -0.15) is 0 Å². The van der Waals surface area contributed by atoms with Crippen molar-refractivity contribution in [2.24, 2.45) is 0 Å². The summed E-state index contributed by atoms with van der Waals surface area (Å²) in [5, 5.41) is 7.01. The molecule has 2 fully saturated rings. The van der Waals surface area contributed by atoms with Gasteiger partial charge in [0, 0.05) is 37.2 Å². The summed E-state index contributed by atoms with van der Waals surface area (Å²) in [5.74, 6) is 0.443. The molecule has 1 aromatic carbocycles. The first-order valence-electron chi connectivity index (χ1n) is 12.2. The lowest BCUT2D eigenvalue weighted by atomic mass is 9.95. The van der Waals surface area contributed by atoms with Crippen LogP contribution in [0.3, 0.4) is 0 Å². The lowest BCUT2D eigenvalue weighted by Gasteiger charge is -2.28. The maximum Gasteiger partial charge on any atom is 0.221 e. The van der Waals surface area contributed by atoms with Gasteiger partial charge in [0.05, 0.1) is 30.6 Å². The molecule has 0 bridgehead atoms. The molecule has 1 saturated carbocycles.